The number of carbonyl (C=O) groups excluding carboxylic acids is 2. The van der Waals surface area contributed by atoms with Crippen molar-refractivity contribution < 1.29 is 9.59 Å². The minimum absolute atomic E-state index is 0.135. The number of hydrogen-bond donors (Lipinski definition) is 0. The number of amides is 2. The third-order valence-electron chi connectivity index (χ3n) is 5.44. The molecule has 4 rings (SSSR count). The highest BCUT2D eigenvalue weighted by Gasteiger charge is 2.50. The van der Waals surface area contributed by atoms with Crippen molar-refractivity contribution in [1.82, 2.24) is 14.9 Å². The fourth-order valence-electron chi connectivity index (χ4n) is 4.02. The van der Waals surface area contributed by atoms with Crippen molar-refractivity contribution in [3.63, 3.8) is 0 Å². The van der Waals surface area contributed by atoms with Crippen molar-refractivity contribution in [1.29, 1.82) is 0 Å². The van der Waals surface area contributed by atoms with Gasteiger partial charge in [-0.2, -0.15) is 0 Å². The molecule has 1 spiro atoms. The number of hydrogen-bond acceptors (Lipinski definition) is 4. The van der Waals surface area contributed by atoms with Crippen molar-refractivity contribution in [3.8, 4) is 0 Å². The zero-order chi connectivity index (χ0) is 18.1. The molecule has 2 amide bonds. The van der Waals surface area contributed by atoms with E-state index in [9.17, 15) is 9.59 Å². The quantitative estimate of drug-likeness (QED) is 0.834. The normalized spacial score (nSPS) is 22.9. The maximum atomic E-state index is 13.2. The first-order valence-electron chi connectivity index (χ1n) is 9.04. The number of benzene rings is 1. The summed E-state index contributed by atoms with van der Waals surface area (Å²) in [6, 6.07) is 9.76. The van der Waals surface area contributed by atoms with Crippen molar-refractivity contribution in [3.05, 3.63) is 54.1 Å². The van der Waals surface area contributed by atoms with Crippen LogP contribution in [0, 0.1) is 12.3 Å². The van der Waals surface area contributed by atoms with E-state index in [4.69, 9.17) is 0 Å². The average molecular weight is 350 g/mol. The Morgan fingerprint density at radius 1 is 1.08 bits per heavy atom. The van der Waals surface area contributed by atoms with Crippen molar-refractivity contribution in [2.45, 2.75) is 26.2 Å². The van der Waals surface area contributed by atoms with Crippen LogP contribution in [0.3, 0.4) is 0 Å². The van der Waals surface area contributed by atoms with Crippen LogP contribution in [0.25, 0.3) is 0 Å². The van der Waals surface area contributed by atoms with E-state index < -0.39 is 5.41 Å². The molecule has 0 unspecified atom stereocenters. The van der Waals surface area contributed by atoms with Gasteiger partial charge in [-0.05, 0) is 38.3 Å². The molecule has 1 atom stereocenters. The molecule has 6 nitrogen and oxygen atoms in total. The standard InChI is InChI=1S/C20H22N4O2/c1-15-12-22-17(13-21-15)18(25)23-10-5-8-20(14-23)9-11-24(19(20)26)16-6-3-2-4-7-16/h2-4,6-7,12-13H,5,8-11,14H2,1H3/t20-/m1/s1. The smallest absolute Gasteiger partial charge is 0.274 e. The van der Waals surface area contributed by atoms with Gasteiger partial charge in [0.05, 0.1) is 17.3 Å². The van der Waals surface area contributed by atoms with E-state index in [0.717, 1.165) is 30.6 Å². The number of nitrogens with zero attached hydrogens (tertiary/aromatic N) is 4. The number of aryl methyl sites for hydroxylation is 1. The lowest BCUT2D eigenvalue weighted by Crippen LogP contribution is -2.50. The third-order valence-corrected chi connectivity index (χ3v) is 5.44. The fourth-order valence-corrected chi connectivity index (χ4v) is 4.02. The number of para-hydroxylation sites is 1. The Balaban J connectivity index is 1.54. The van der Waals surface area contributed by atoms with Crippen LogP contribution in [0.5, 0.6) is 0 Å². The van der Waals surface area contributed by atoms with E-state index in [1.807, 2.05) is 42.2 Å². The van der Waals surface area contributed by atoms with Gasteiger partial charge in [-0.1, -0.05) is 18.2 Å². The van der Waals surface area contributed by atoms with Gasteiger partial charge < -0.3 is 9.80 Å². The van der Waals surface area contributed by atoms with Gasteiger partial charge in [-0.25, -0.2) is 4.98 Å². The van der Waals surface area contributed by atoms with Gasteiger partial charge in [0.1, 0.15) is 5.69 Å². The first-order chi connectivity index (χ1) is 12.6. The summed E-state index contributed by atoms with van der Waals surface area (Å²) >= 11 is 0. The molecule has 1 aromatic carbocycles. The monoisotopic (exact) mass is 350 g/mol. The van der Waals surface area contributed by atoms with Gasteiger partial charge >= 0.3 is 0 Å². The zero-order valence-electron chi connectivity index (χ0n) is 14.9. The predicted octanol–water partition coefficient (Wildman–Crippen LogP) is 2.44. The number of likely N-dealkylation sites (tertiary alicyclic amines) is 1. The molecule has 2 saturated heterocycles. The molecule has 26 heavy (non-hydrogen) atoms. The molecule has 0 radical (unpaired) electrons. The summed E-state index contributed by atoms with van der Waals surface area (Å²) in [4.78, 5) is 38.0. The molecule has 2 fully saturated rings. The van der Waals surface area contributed by atoms with Crippen LogP contribution in [-0.4, -0.2) is 46.3 Å². The highest BCUT2D eigenvalue weighted by atomic mass is 16.2. The maximum absolute atomic E-state index is 13.2. The Morgan fingerprint density at radius 2 is 1.88 bits per heavy atom. The molecule has 2 aromatic rings. The number of anilines is 1. The summed E-state index contributed by atoms with van der Waals surface area (Å²) in [7, 11) is 0. The van der Waals surface area contributed by atoms with E-state index in [0.29, 0.717) is 25.3 Å². The van der Waals surface area contributed by atoms with Gasteiger partial charge in [-0.15, -0.1) is 0 Å². The number of rotatable bonds is 2. The Morgan fingerprint density at radius 3 is 2.62 bits per heavy atom. The van der Waals surface area contributed by atoms with Crippen LogP contribution in [0.4, 0.5) is 5.69 Å². The molecule has 0 bridgehead atoms. The molecule has 1 aromatic heterocycles. The highest BCUT2D eigenvalue weighted by molar-refractivity contribution is 6.01. The summed E-state index contributed by atoms with van der Waals surface area (Å²) in [6.45, 7) is 3.67. The molecule has 0 N–H and O–H groups in total. The summed E-state index contributed by atoms with van der Waals surface area (Å²) in [5.74, 6) is -0.00118. The van der Waals surface area contributed by atoms with Crippen LogP contribution in [0.1, 0.15) is 35.4 Å². The number of carbonyl (C=O) groups is 2. The molecule has 2 aliphatic heterocycles. The molecule has 3 heterocycles. The van der Waals surface area contributed by atoms with Crippen LogP contribution in [0.2, 0.25) is 0 Å². The van der Waals surface area contributed by atoms with E-state index in [1.165, 1.54) is 6.20 Å². The molecule has 134 valence electrons. The Bertz CT molecular complexity index is 821. The van der Waals surface area contributed by atoms with Gasteiger partial charge in [0.15, 0.2) is 0 Å². The first-order valence-corrected chi connectivity index (χ1v) is 9.04. The zero-order valence-corrected chi connectivity index (χ0v) is 14.9. The Labute approximate surface area is 152 Å². The highest BCUT2D eigenvalue weighted by Crippen LogP contribution is 2.42. The fraction of sp³-hybridized carbons (Fsp3) is 0.400. The lowest BCUT2D eigenvalue weighted by molar-refractivity contribution is -0.127. The second-order valence-electron chi connectivity index (χ2n) is 7.20. The predicted molar refractivity (Wildman–Crippen MR) is 97.8 cm³/mol. The largest absolute Gasteiger partial charge is 0.336 e. The van der Waals surface area contributed by atoms with E-state index in [2.05, 4.69) is 9.97 Å². The summed E-state index contributed by atoms with van der Waals surface area (Å²) in [6.07, 6.45) is 5.57. The van der Waals surface area contributed by atoms with Crippen LogP contribution in [-0.2, 0) is 4.79 Å². The summed E-state index contributed by atoms with van der Waals surface area (Å²) < 4.78 is 0. The van der Waals surface area contributed by atoms with Crippen LogP contribution < -0.4 is 4.90 Å². The lowest BCUT2D eigenvalue weighted by Gasteiger charge is -2.38. The summed E-state index contributed by atoms with van der Waals surface area (Å²) in [5.41, 5.74) is 1.59. The topological polar surface area (TPSA) is 66.4 Å². The molecule has 0 saturated carbocycles. The molecule has 6 heteroatoms. The van der Waals surface area contributed by atoms with E-state index in [-0.39, 0.29) is 11.8 Å². The Hall–Kier alpha value is -2.76. The van der Waals surface area contributed by atoms with Crippen LogP contribution >= 0.6 is 0 Å². The molecular formula is C20H22N4O2. The maximum Gasteiger partial charge on any atom is 0.274 e. The first kappa shape index (κ1) is 16.7. The van der Waals surface area contributed by atoms with Gasteiger partial charge in [0, 0.05) is 31.5 Å². The van der Waals surface area contributed by atoms with Crippen molar-refractivity contribution in [2.24, 2.45) is 5.41 Å². The third kappa shape index (κ3) is 2.85. The van der Waals surface area contributed by atoms with Gasteiger partial charge in [0.2, 0.25) is 5.91 Å². The minimum Gasteiger partial charge on any atom is -0.336 e. The minimum atomic E-state index is -0.470. The number of aromatic nitrogens is 2. The van der Waals surface area contributed by atoms with Crippen molar-refractivity contribution >= 4 is 17.5 Å². The lowest BCUT2D eigenvalue weighted by atomic mass is 9.78. The second-order valence-corrected chi connectivity index (χ2v) is 7.20. The van der Waals surface area contributed by atoms with Gasteiger partial charge in [-0.3, -0.25) is 14.6 Å². The number of piperidine rings is 1. The molecule has 0 aliphatic carbocycles. The average Bonchev–Trinajstić information content (AvgIpc) is 2.98. The Kier molecular flexibility index (Phi) is 4.18. The van der Waals surface area contributed by atoms with E-state index in [1.54, 1.807) is 11.1 Å². The molecular weight excluding hydrogens is 328 g/mol. The molecule has 2 aliphatic rings. The second kappa shape index (κ2) is 6.52. The van der Waals surface area contributed by atoms with Crippen LogP contribution in [0.15, 0.2) is 42.7 Å². The van der Waals surface area contributed by atoms with Crippen molar-refractivity contribution in [2.75, 3.05) is 24.5 Å². The van der Waals surface area contributed by atoms with Gasteiger partial charge in [0.25, 0.3) is 5.91 Å². The van der Waals surface area contributed by atoms with E-state index >= 15 is 0 Å². The summed E-state index contributed by atoms with van der Waals surface area (Å²) in [5, 5.41) is 0. The SMILES string of the molecule is Cc1cnc(C(=O)N2CCC[C@@]3(CCN(c4ccccc4)C3=O)C2)cn1.